The minimum atomic E-state index is 0.310. The second-order valence-electron chi connectivity index (χ2n) is 5.70. The average molecular weight is 268 g/mol. The van der Waals surface area contributed by atoms with Gasteiger partial charge in [-0.3, -0.25) is 14.6 Å². The Balaban J connectivity index is 1.79. The maximum atomic E-state index is 12.4. The summed E-state index contributed by atoms with van der Waals surface area (Å²) in [6.45, 7) is 13.0. The van der Waals surface area contributed by atoms with E-state index in [1.54, 1.807) is 0 Å². The van der Waals surface area contributed by atoms with E-state index >= 15 is 0 Å². The van der Waals surface area contributed by atoms with Crippen LogP contribution in [-0.4, -0.2) is 85.6 Å². The fourth-order valence-corrected chi connectivity index (χ4v) is 3.04. The lowest BCUT2D eigenvalue weighted by molar-refractivity contribution is -0.135. The zero-order valence-corrected chi connectivity index (χ0v) is 12.4. The molecule has 1 atom stereocenters. The van der Waals surface area contributed by atoms with Crippen LogP contribution in [0.1, 0.15) is 20.3 Å². The van der Waals surface area contributed by atoms with Crippen LogP contribution in [0.5, 0.6) is 0 Å². The fourth-order valence-electron chi connectivity index (χ4n) is 3.04. The van der Waals surface area contributed by atoms with Gasteiger partial charge in [0.15, 0.2) is 0 Å². The summed E-state index contributed by atoms with van der Waals surface area (Å²) in [6.07, 6.45) is 1.15. The zero-order valence-electron chi connectivity index (χ0n) is 12.4. The molecule has 1 amide bonds. The minimum absolute atomic E-state index is 0.310. The molecule has 110 valence electrons. The highest BCUT2D eigenvalue weighted by atomic mass is 16.2. The average Bonchev–Trinajstić information content (AvgIpc) is 2.67. The Kier molecular flexibility index (Phi) is 5.60. The molecule has 0 aromatic rings. The van der Waals surface area contributed by atoms with Gasteiger partial charge in [-0.25, -0.2) is 0 Å². The van der Waals surface area contributed by atoms with Crippen LogP contribution in [0.3, 0.4) is 0 Å². The molecule has 1 unspecified atom stereocenters. The number of hydrogen-bond acceptors (Lipinski definition) is 4. The molecule has 0 aliphatic carbocycles. The number of carbonyl (C=O) groups is 1. The predicted molar refractivity (Wildman–Crippen MR) is 77.2 cm³/mol. The monoisotopic (exact) mass is 268 g/mol. The van der Waals surface area contributed by atoms with Gasteiger partial charge in [0.25, 0.3) is 0 Å². The van der Waals surface area contributed by atoms with Crippen LogP contribution in [-0.2, 0) is 4.79 Å². The highest BCUT2D eigenvalue weighted by Crippen LogP contribution is 2.09. The van der Waals surface area contributed by atoms with Crippen molar-refractivity contribution in [1.29, 1.82) is 0 Å². The van der Waals surface area contributed by atoms with E-state index in [1.165, 1.54) is 0 Å². The molecule has 0 saturated carbocycles. The molecule has 0 bridgehead atoms. The van der Waals surface area contributed by atoms with Gasteiger partial charge >= 0.3 is 0 Å². The lowest BCUT2D eigenvalue weighted by atomic mass is 10.2. The lowest BCUT2D eigenvalue weighted by Crippen LogP contribution is -2.55. The van der Waals surface area contributed by atoms with Gasteiger partial charge in [-0.1, -0.05) is 6.92 Å². The first kappa shape index (κ1) is 14.8. The van der Waals surface area contributed by atoms with Crippen molar-refractivity contribution >= 4 is 5.91 Å². The van der Waals surface area contributed by atoms with E-state index < -0.39 is 0 Å². The first-order valence-corrected chi connectivity index (χ1v) is 7.65. The standard InChI is InChI=1S/C14H28N4O/c1-3-17-9-10-18(11-13(17)2)14(19)12-16-7-4-5-15-6-8-16/h13,15H,3-12H2,1-2H3. The van der Waals surface area contributed by atoms with E-state index in [0.29, 0.717) is 18.5 Å². The predicted octanol–water partition coefficient (Wildman–Crippen LogP) is -0.166. The molecule has 0 spiro atoms. The molecule has 0 radical (unpaired) electrons. The van der Waals surface area contributed by atoms with Crippen molar-refractivity contribution in [3.8, 4) is 0 Å². The molecule has 5 heteroatoms. The van der Waals surface area contributed by atoms with E-state index in [0.717, 1.165) is 58.8 Å². The molecule has 5 nitrogen and oxygen atoms in total. The van der Waals surface area contributed by atoms with Gasteiger partial charge in [0.2, 0.25) is 5.91 Å². The molecule has 0 aromatic carbocycles. The summed E-state index contributed by atoms with van der Waals surface area (Å²) in [4.78, 5) is 19.2. The van der Waals surface area contributed by atoms with Crippen LogP contribution in [0.25, 0.3) is 0 Å². The Morgan fingerprint density at radius 2 is 2.05 bits per heavy atom. The van der Waals surface area contributed by atoms with Crippen LogP contribution in [0.15, 0.2) is 0 Å². The number of hydrogen-bond donors (Lipinski definition) is 1. The van der Waals surface area contributed by atoms with Gasteiger partial charge in [-0.2, -0.15) is 0 Å². The van der Waals surface area contributed by atoms with Gasteiger partial charge in [0.1, 0.15) is 0 Å². The molecule has 2 saturated heterocycles. The van der Waals surface area contributed by atoms with Gasteiger partial charge < -0.3 is 10.2 Å². The van der Waals surface area contributed by atoms with Gasteiger partial charge in [-0.15, -0.1) is 0 Å². The maximum Gasteiger partial charge on any atom is 0.236 e. The molecule has 2 aliphatic rings. The summed E-state index contributed by atoms with van der Waals surface area (Å²) < 4.78 is 0. The maximum absolute atomic E-state index is 12.4. The lowest BCUT2D eigenvalue weighted by Gasteiger charge is -2.40. The SMILES string of the molecule is CCN1CCN(C(=O)CN2CCCNCC2)CC1C. The first-order chi connectivity index (χ1) is 9.20. The summed E-state index contributed by atoms with van der Waals surface area (Å²) in [7, 11) is 0. The van der Waals surface area contributed by atoms with Crippen molar-refractivity contribution < 1.29 is 4.79 Å². The van der Waals surface area contributed by atoms with E-state index in [2.05, 4.69) is 33.9 Å². The van der Waals surface area contributed by atoms with Crippen LogP contribution in [0.2, 0.25) is 0 Å². The molecule has 2 aliphatic heterocycles. The summed E-state index contributed by atoms with van der Waals surface area (Å²) in [5.41, 5.74) is 0. The van der Waals surface area contributed by atoms with Gasteiger partial charge in [0, 0.05) is 38.8 Å². The Morgan fingerprint density at radius 3 is 2.79 bits per heavy atom. The summed E-state index contributed by atoms with van der Waals surface area (Å²) in [5.74, 6) is 0.310. The summed E-state index contributed by atoms with van der Waals surface area (Å²) in [6, 6.07) is 0.494. The number of amides is 1. The summed E-state index contributed by atoms with van der Waals surface area (Å²) in [5, 5.41) is 3.38. The summed E-state index contributed by atoms with van der Waals surface area (Å²) >= 11 is 0. The molecular formula is C14H28N4O. The molecule has 19 heavy (non-hydrogen) atoms. The van der Waals surface area contributed by atoms with Crippen LogP contribution < -0.4 is 5.32 Å². The van der Waals surface area contributed by atoms with Gasteiger partial charge in [-0.05, 0) is 33.0 Å². The van der Waals surface area contributed by atoms with E-state index in [1.807, 2.05) is 0 Å². The Bertz CT molecular complexity index is 289. The molecule has 2 heterocycles. The fraction of sp³-hybridized carbons (Fsp3) is 0.929. The van der Waals surface area contributed by atoms with Crippen molar-refractivity contribution in [3.63, 3.8) is 0 Å². The second-order valence-corrected chi connectivity index (χ2v) is 5.70. The topological polar surface area (TPSA) is 38.8 Å². The van der Waals surface area contributed by atoms with Gasteiger partial charge in [0.05, 0.1) is 6.54 Å². The normalized spacial score (nSPS) is 27.3. The Labute approximate surface area is 116 Å². The number of rotatable bonds is 3. The smallest absolute Gasteiger partial charge is 0.236 e. The first-order valence-electron chi connectivity index (χ1n) is 7.65. The Morgan fingerprint density at radius 1 is 1.21 bits per heavy atom. The Hall–Kier alpha value is -0.650. The highest BCUT2D eigenvalue weighted by molar-refractivity contribution is 5.78. The third kappa shape index (κ3) is 4.16. The highest BCUT2D eigenvalue weighted by Gasteiger charge is 2.26. The van der Waals surface area contributed by atoms with Crippen LogP contribution in [0, 0.1) is 0 Å². The number of likely N-dealkylation sites (N-methyl/N-ethyl adjacent to an activating group) is 1. The molecule has 1 N–H and O–H groups in total. The second kappa shape index (κ2) is 7.22. The van der Waals surface area contributed by atoms with Crippen molar-refractivity contribution in [2.75, 3.05) is 58.9 Å². The molecular weight excluding hydrogens is 240 g/mol. The van der Waals surface area contributed by atoms with Crippen molar-refractivity contribution in [3.05, 3.63) is 0 Å². The van der Waals surface area contributed by atoms with E-state index in [4.69, 9.17) is 0 Å². The molecule has 2 rings (SSSR count). The van der Waals surface area contributed by atoms with E-state index in [9.17, 15) is 4.79 Å². The van der Waals surface area contributed by atoms with E-state index in [-0.39, 0.29) is 0 Å². The third-order valence-corrected chi connectivity index (χ3v) is 4.32. The zero-order chi connectivity index (χ0) is 13.7. The van der Waals surface area contributed by atoms with Crippen LogP contribution >= 0.6 is 0 Å². The quantitative estimate of drug-likeness (QED) is 0.772. The van der Waals surface area contributed by atoms with Crippen molar-refractivity contribution in [2.24, 2.45) is 0 Å². The molecule has 0 aromatic heterocycles. The number of carbonyl (C=O) groups excluding carboxylic acids is 1. The molecule has 2 fully saturated rings. The number of nitrogens with zero attached hydrogens (tertiary/aromatic N) is 3. The van der Waals surface area contributed by atoms with Crippen molar-refractivity contribution in [1.82, 2.24) is 20.0 Å². The van der Waals surface area contributed by atoms with Crippen molar-refractivity contribution in [2.45, 2.75) is 26.3 Å². The van der Waals surface area contributed by atoms with Crippen LogP contribution in [0.4, 0.5) is 0 Å². The largest absolute Gasteiger partial charge is 0.339 e. The third-order valence-electron chi connectivity index (χ3n) is 4.32. The number of piperazine rings is 1. The number of nitrogens with one attached hydrogen (secondary N) is 1. The minimum Gasteiger partial charge on any atom is -0.339 e.